The van der Waals surface area contributed by atoms with Gasteiger partial charge in [-0.15, -0.1) is 0 Å². The lowest BCUT2D eigenvalue weighted by atomic mass is 9.92. The fourth-order valence-electron chi connectivity index (χ4n) is 1.67. The second-order valence-corrected chi connectivity index (χ2v) is 7.63. The second-order valence-electron chi connectivity index (χ2n) is 5.40. The van der Waals surface area contributed by atoms with Gasteiger partial charge in [-0.05, 0) is 11.8 Å². The van der Waals surface area contributed by atoms with Crippen LogP contribution in [0.3, 0.4) is 0 Å². The van der Waals surface area contributed by atoms with Crippen LogP contribution < -0.4 is 5.32 Å². The number of amides is 1. The fraction of sp³-hybridized carbons (Fsp3) is 0.900. The molecule has 1 atom stereocenters. The molecule has 1 heterocycles. The summed E-state index contributed by atoms with van der Waals surface area (Å²) in [5.74, 6) is 0.251. The van der Waals surface area contributed by atoms with Crippen LogP contribution in [0.1, 0.15) is 33.6 Å². The van der Waals surface area contributed by atoms with Crippen molar-refractivity contribution in [1.82, 2.24) is 5.32 Å². The average Bonchev–Trinajstić information content (AvgIpc) is 2.25. The first-order valence-corrected chi connectivity index (χ1v) is 7.00. The largest absolute Gasteiger partial charge is 0.352 e. The first kappa shape index (κ1) is 12.5. The van der Waals surface area contributed by atoms with E-state index >= 15 is 0 Å². The lowest BCUT2D eigenvalue weighted by Gasteiger charge is -2.19. The third-order valence-electron chi connectivity index (χ3n) is 2.29. The molecule has 0 radical (unpaired) electrons. The molecule has 1 N–H and O–H groups in total. The molecule has 4 nitrogen and oxygen atoms in total. The van der Waals surface area contributed by atoms with Gasteiger partial charge in [0.25, 0.3) is 0 Å². The molecular formula is C10H19NO3S. The van der Waals surface area contributed by atoms with Gasteiger partial charge in [-0.2, -0.15) is 0 Å². The molecule has 1 aliphatic heterocycles. The fourth-order valence-corrected chi connectivity index (χ4v) is 3.34. The van der Waals surface area contributed by atoms with Gasteiger partial charge in [0.2, 0.25) is 5.91 Å². The Kier molecular flexibility index (Phi) is 3.43. The maximum Gasteiger partial charge on any atom is 0.220 e. The monoisotopic (exact) mass is 233 g/mol. The van der Waals surface area contributed by atoms with Crippen molar-refractivity contribution in [1.29, 1.82) is 0 Å². The minimum atomic E-state index is -2.90. The molecular weight excluding hydrogens is 214 g/mol. The smallest absolute Gasteiger partial charge is 0.220 e. The molecule has 0 aromatic carbocycles. The van der Waals surface area contributed by atoms with E-state index in [-0.39, 0.29) is 28.9 Å². The van der Waals surface area contributed by atoms with Crippen molar-refractivity contribution in [3.63, 3.8) is 0 Å². The molecule has 1 unspecified atom stereocenters. The first-order valence-electron chi connectivity index (χ1n) is 5.18. The molecule has 0 saturated carbocycles. The van der Waals surface area contributed by atoms with E-state index in [0.29, 0.717) is 12.8 Å². The van der Waals surface area contributed by atoms with Gasteiger partial charge in [0.05, 0.1) is 11.5 Å². The zero-order valence-electron chi connectivity index (χ0n) is 9.54. The Morgan fingerprint density at radius 2 is 2.00 bits per heavy atom. The van der Waals surface area contributed by atoms with E-state index in [2.05, 4.69) is 5.32 Å². The lowest BCUT2D eigenvalue weighted by Crippen LogP contribution is -2.37. The Bertz CT molecular complexity index is 340. The van der Waals surface area contributed by atoms with Crippen molar-refractivity contribution in [3.8, 4) is 0 Å². The normalized spacial score (nSPS) is 25.1. The number of hydrogen-bond acceptors (Lipinski definition) is 3. The third kappa shape index (κ3) is 4.64. The van der Waals surface area contributed by atoms with Crippen LogP contribution in [-0.2, 0) is 14.6 Å². The van der Waals surface area contributed by atoms with Crippen molar-refractivity contribution in [2.24, 2.45) is 5.41 Å². The molecule has 1 saturated heterocycles. The van der Waals surface area contributed by atoms with E-state index < -0.39 is 9.84 Å². The lowest BCUT2D eigenvalue weighted by molar-refractivity contribution is -0.123. The summed E-state index contributed by atoms with van der Waals surface area (Å²) in [5, 5.41) is 2.77. The summed E-state index contributed by atoms with van der Waals surface area (Å²) in [6, 6.07) is -0.176. The third-order valence-corrected chi connectivity index (χ3v) is 4.06. The summed E-state index contributed by atoms with van der Waals surface area (Å²) in [6.07, 6.45) is 0.988. The van der Waals surface area contributed by atoms with Gasteiger partial charge in [-0.25, -0.2) is 8.42 Å². The highest BCUT2D eigenvalue weighted by Crippen LogP contribution is 2.19. The number of carbonyl (C=O) groups excluding carboxylic acids is 1. The predicted octanol–water partition coefficient (Wildman–Crippen LogP) is 0.726. The molecule has 0 aliphatic carbocycles. The highest BCUT2D eigenvalue weighted by molar-refractivity contribution is 7.91. The van der Waals surface area contributed by atoms with E-state index in [9.17, 15) is 13.2 Å². The molecule has 0 aromatic heterocycles. The molecule has 88 valence electrons. The summed E-state index contributed by atoms with van der Waals surface area (Å²) >= 11 is 0. The summed E-state index contributed by atoms with van der Waals surface area (Å²) in [7, 11) is -2.90. The summed E-state index contributed by atoms with van der Waals surface area (Å²) < 4.78 is 22.3. The highest BCUT2D eigenvalue weighted by atomic mass is 32.2. The van der Waals surface area contributed by atoms with Gasteiger partial charge in [-0.3, -0.25) is 4.79 Å². The standard InChI is InChI=1S/C10H19NO3S/c1-10(2,3)6-9(12)11-8-4-5-15(13,14)7-8/h8H,4-7H2,1-3H3,(H,11,12). The molecule has 0 bridgehead atoms. The van der Waals surface area contributed by atoms with Crippen LogP contribution in [0.2, 0.25) is 0 Å². The molecule has 1 amide bonds. The topological polar surface area (TPSA) is 63.2 Å². The number of hydrogen-bond donors (Lipinski definition) is 1. The Morgan fingerprint density at radius 1 is 1.40 bits per heavy atom. The van der Waals surface area contributed by atoms with Crippen LogP contribution in [0.25, 0.3) is 0 Å². The molecule has 0 spiro atoms. The van der Waals surface area contributed by atoms with E-state index in [1.54, 1.807) is 0 Å². The van der Waals surface area contributed by atoms with Crippen molar-refractivity contribution in [2.75, 3.05) is 11.5 Å². The minimum Gasteiger partial charge on any atom is -0.352 e. The minimum absolute atomic E-state index is 0.0513. The van der Waals surface area contributed by atoms with Crippen molar-refractivity contribution in [3.05, 3.63) is 0 Å². The van der Waals surface area contributed by atoms with Crippen LogP contribution in [0.5, 0.6) is 0 Å². The molecule has 1 aliphatic rings. The Morgan fingerprint density at radius 3 is 2.40 bits per heavy atom. The van der Waals surface area contributed by atoms with Gasteiger partial charge in [0.15, 0.2) is 9.84 Å². The van der Waals surface area contributed by atoms with Crippen LogP contribution in [0.15, 0.2) is 0 Å². The number of rotatable bonds is 2. The molecule has 1 rings (SSSR count). The zero-order chi connectivity index (χ0) is 11.7. The summed E-state index contributed by atoms with van der Waals surface area (Å²) in [6.45, 7) is 5.95. The van der Waals surface area contributed by atoms with Crippen molar-refractivity contribution < 1.29 is 13.2 Å². The molecule has 0 aromatic rings. The van der Waals surface area contributed by atoms with E-state index in [0.717, 1.165) is 0 Å². The van der Waals surface area contributed by atoms with Crippen molar-refractivity contribution in [2.45, 2.75) is 39.7 Å². The van der Waals surface area contributed by atoms with Gasteiger partial charge >= 0.3 is 0 Å². The quantitative estimate of drug-likeness (QED) is 0.764. The van der Waals surface area contributed by atoms with Gasteiger partial charge in [0.1, 0.15) is 0 Å². The Hall–Kier alpha value is -0.580. The van der Waals surface area contributed by atoms with E-state index in [4.69, 9.17) is 0 Å². The summed E-state index contributed by atoms with van der Waals surface area (Å²) in [5.41, 5.74) is -0.0540. The average molecular weight is 233 g/mol. The maximum atomic E-state index is 11.5. The van der Waals surface area contributed by atoms with Gasteiger partial charge in [-0.1, -0.05) is 20.8 Å². The van der Waals surface area contributed by atoms with Crippen LogP contribution in [0, 0.1) is 5.41 Å². The Balaban J connectivity index is 2.41. The Labute approximate surface area is 91.4 Å². The van der Waals surface area contributed by atoms with E-state index in [1.807, 2.05) is 20.8 Å². The SMILES string of the molecule is CC(C)(C)CC(=O)NC1CCS(=O)(=O)C1. The maximum absolute atomic E-state index is 11.5. The molecule has 15 heavy (non-hydrogen) atoms. The van der Waals surface area contributed by atoms with Crippen molar-refractivity contribution >= 4 is 15.7 Å². The second kappa shape index (κ2) is 4.12. The predicted molar refractivity (Wildman–Crippen MR) is 59.3 cm³/mol. The van der Waals surface area contributed by atoms with E-state index in [1.165, 1.54) is 0 Å². The van der Waals surface area contributed by atoms with Crippen LogP contribution in [0.4, 0.5) is 0 Å². The van der Waals surface area contributed by atoms with Crippen LogP contribution >= 0.6 is 0 Å². The molecule has 1 fully saturated rings. The van der Waals surface area contributed by atoms with Crippen LogP contribution in [-0.4, -0.2) is 31.9 Å². The summed E-state index contributed by atoms with van der Waals surface area (Å²) in [4.78, 5) is 11.5. The number of nitrogens with one attached hydrogen (secondary N) is 1. The molecule has 5 heteroatoms. The zero-order valence-corrected chi connectivity index (χ0v) is 10.4. The van der Waals surface area contributed by atoms with Gasteiger partial charge in [0, 0.05) is 12.5 Å². The number of carbonyl (C=O) groups is 1. The number of sulfone groups is 1. The highest BCUT2D eigenvalue weighted by Gasteiger charge is 2.29. The first-order chi connectivity index (χ1) is 6.68. The van der Waals surface area contributed by atoms with Gasteiger partial charge < -0.3 is 5.32 Å².